The van der Waals surface area contributed by atoms with E-state index in [1.54, 1.807) is 0 Å². The molecule has 1 atom stereocenters. The standard InChI is InChI=1S/C14H17F3O6S/c1-2-10-7-11(8-22-13-5-3-4-6-20-13)21-9-12(10)23-24(18,19)14(15,16)17/h2,7,9,13H,3-6,8H2,1H3. The molecule has 0 aromatic heterocycles. The highest BCUT2D eigenvalue weighted by Crippen LogP contribution is 2.31. The molecule has 2 aliphatic rings. The quantitative estimate of drug-likeness (QED) is 0.547. The van der Waals surface area contributed by atoms with E-state index in [-0.39, 0.29) is 18.5 Å². The van der Waals surface area contributed by atoms with E-state index in [1.807, 2.05) is 0 Å². The van der Waals surface area contributed by atoms with Crippen LogP contribution in [0, 0.1) is 0 Å². The molecular formula is C14H17F3O6S. The van der Waals surface area contributed by atoms with Gasteiger partial charge in [0.05, 0.1) is 0 Å². The van der Waals surface area contributed by atoms with Gasteiger partial charge in [-0.05, 0) is 32.3 Å². The average molecular weight is 370 g/mol. The van der Waals surface area contributed by atoms with Crippen LogP contribution in [0.15, 0.2) is 35.5 Å². The Morgan fingerprint density at radius 1 is 1.38 bits per heavy atom. The first-order valence-electron chi connectivity index (χ1n) is 7.21. The van der Waals surface area contributed by atoms with Crippen molar-refractivity contribution in [3.8, 4) is 0 Å². The number of halogens is 3. The van der Waals surface area contributed by atoms with Crippen molar-refractivity contribution in [1.82, 2.24) is 0 Å². The summed E-state index contributed by atoms with van der Waals surface area (Å²) in [6.45, 7) is 2.17. The van der Waals surface area contributed by atoms with Gasteiger partial charge in [-0.2, -0.15) is 21.6 Å². The largest absolute Gasteiger partial charge is 0.534 e. The molecule has 0 spiro atoms. The summed E-state index contributed by atoms with van der Waals surface area (Å²) in [5.74, 6) is -0.249. The maximum absolute atomic E-state index is 12.4. The molecule has 136 valence electrons. The average Bonchev–Trinajstić information content (AvgIpc) is 2.53. The van der Waals surface area contributed by atoms with Gasteiger partial charge in [0.15, 0.2) is 12.0 Å². The predicted octanol–water partition coefficient (Wildman–Crippen LogP) is 3.10. The monoisotopic (exact) mass is 370 g/mol. The maximum atomic E-state index is 12.4. The van der Waals surface area contributed by atoms with E-state index in [0.717, 1.165) is 25.5 Å². The molecule has 2 rings (SSSR count). The third-order valence-electron chi connectivity index (χ3n) is 3.26. The molecule has 1 fully saturated rings. The van der Waals surface area contributed by atoms with E-state index >= 15 is 0 Å². The molecule has 6 nitrogen and oxygen atoms in total. The summed E-state index contributed by atoms with van der Waals surface area (Å²) in [5, 5.41) is 0. The Hall–Kier alpha value is -1.52. The minimum absolute atomic E-state index is 0.0395. The van der Waals surface area contributed by atoms with E-state index in [0.29, 0.717) is 12.4 Å². The molecule has 0 aliphatic carbocycles. The zero-order chi connectivity index (χ0) is 17.8. The molecule has 0 saturated carbocycles. The van der Waals surface area contributed by atoms with Gasteiger partial charge in [-0.15, -0.1) is 0 Å². The molecule has 10 heteroatoms. The van der Waals surface area contributed by atoms with Gasteiger partial charge in [0.1, 0.15) is 18.6 Å². The number of allylic oxidation sites excluding steroid dienone is 2. The van der Waals surface area contributed by atoms with E-state index in [2.05, 4.69) is 4.18 Å². The summed E-state index contributed by atoms with van der Waals surface area (Å²) in [7, 11) is -5.76. The fourth-order valence-electron chi connectivity index (χ4n) is 2.03. The Labute approximate surface area is 137 Å². The first kappa shape index (κ1) is 18.8. The lowest BCUT2D eigenvalue weighted by Crippen LogP contribution is -2.26. The van der Waals surface area contributed by atoms with Gasteiger partial charge in [-0.1, -0.05) is 6.08 Å². The van der Waals surface area contributed by atoms with E-state index in [1.165, 1.54) is 19.1 Å². The highest BCUT2D eigenvalue weighted by molar-refractivity contribution is 7.87. The van der Waals surface area contributed by atoms with Crippen LogP contribution in [0.1, 0.15) is 26.2 Å². The van der Waals surface area contributed by atoms with E-state index in [4.69, 9.17) is 14.2 Å². The molecule has 0 bridgehead atoms. The minimum Gasteiger partial charge on any atom is -0.463 e. The minimum atomic E-state index is -5.76. The van der Waals surface area contributed by atoms with Crippen LogP contribution in [0.3, 0.4) is 0 Å². The Morgan fingerprint density at radius 2 is 2.12 bits per heavy atom. The molecule has 0 amide bonds. The molecule has 24 heavy (non-hydrogen) atoms. The molecule has 0 aromatic rings. The van der Waals surface area contributed by atoms with E-state index in [9.17, 15) is 21.6 Å². The second-order valence-electron chi connectivity index (χ2n) is 5.04. The predicted molar refractivity (Wildman–Crippen MR) is 76.6 cm³/mol. The van der Waals surface area contributed by atoms with Gasteiger partial charge in [0, 0.05) is 12.2 Å². The Balaban J connectivity index is 1.98. The third-order valence-corrected chi connectivity index (χ3v) is 4.23. The lowest BCUT2D eigenvalue weighted by molar-refractivity contribution is -0.160. The Morgan fingerprint density at radius 3 is 2.71 bits per heavy atom. The zero-order valence-electron chi connectivity index (χ0n) is 12.8. The molecule has 0 N–H and O–H groups in total. The highest BCUT2D eigenvalue weighted by Gasteiger charge is 2.49. The van der Waals surface area contributed by atoms with Crippen molar-refractivity contribution in [1.29, 1.82) is 0 Å². The first-order valence-corrected chi connectivity index (χ1v) is 8.62. The van der Waals surface area contributed by atoms with Crippen LogP contribution in [-0.4, -0.2) is 33.4 Å². The summed E-state index contributed by atoms with van der Waals surface area (Å²) in [5.41, 5.74) is -5.38. The number of alkyl halides is 3. The van der Waals surface area contributed by atoms with Crippen molar-refractivity contribution >= 4 is 10.1 Å². The van der Waals surface area contributed by atoms with Gasteiger partial charge in [0.2, 0.25) is 0 Å². The van der Waals surface area contributed by atoms with Crippen molar-refractivity contribution < 1.29 is 40.0 Å². The molecule has 1 saturated heterocycles. The first-order chi connectivity index (χ1) is 11.2. The lowest BCUT2D eigenvalue weighted by atomic mass is 10.1. The zero-order valence-corrected chi connectivity index (χ0v) is 13.7. The molecule has 2 heterocycles. The van der Waals surface area contributed by atoms with Crippen LogP contribution >= 0.6 is 0 Å². The SMILES string of the molecule is CC=C1C=C(COC2CCCCO2)OC=C1OS(=O)(=O)C(F)(F)F. The number of hydrogen-bond donors (Lipinski definition) is 0. The summed E-state index contributed by atoms with van der Waals surface area (Å²) in [6, 6.07) is 0. The van der Waals surface area contributed by atoms with Gasteiger partial charge in [-0.25, -0.2) is 0 Å². The van der Waals surface area contributed by atoms with Crippen LogP contribution in [-0.2, 0) is 28.5 Å². The normalized spacial score (nSPS) is 24.2. The van der Waals surface area contributed by atoms with Gasteiger partial charge >= 0.3 is 15.6 Å². The topological polar surface area (TPSA) is 71.1 Å². The van der Waals surface area contributed by atoms with Crippen molar-refractivity contribution in [2.75, 3.05) is 13.2 Å². The summed E-state index contributed by atoms with van der Waals surface area (Å²) in [4.78, 5) is 0. The molecular weight excluding hydrogens is 353 g/mol. The van der Waals surface area contributed by atoms with Crippen LogP contribution in [0.4, 0.5) is 13.2 Å². The Bertz CT molecular complexity index is 642. The number of rotatable bonds is 5. The second kappa shape index (κ2) is 7.58. The summed E-state index contributed by atoms with van der Waals surface area (Å²) >= 11 is 0. The van der Waals surface area contributed by atoms with Crippen LogP contribution < -0.4 is 0 Å². The highest BCUT2D eigenvalue weighted by atomic mass is 32.2. The maximum Gasteiger partial charge on any atom is 0.534 e. The third kappa shape index (κ3) is 4.74. The van der Waals surface area contributed by atoms with Crippen molar-refractivity contribution in [3.63, 3.8) is 0 Å². The van der Waals surface area contributed by atoms with Gasteiger partial charge in [0.25, 0.3) is 0 Å². The summed E-state index contributed by atoms with van der Waals surface area (Å²) in [6.07, 6.45) is 5.90. The van der Waals surface area contributed by atoms with Gasteiger partial charge < -0.3 is 18.4 Å². The summed E-state index contributed by atoms with van der Waals surface area (Å²) < 4.78 is 79.3. The van der Waals surface area contributed by atoms with Crippen molar-refractivity contribution in [3.05, 3.63) is 35.5 Å². The van der Waals surface area contributed by atoms with Crippen molar-refractivity contribution in [2.24, 2.45) is 0 Å². The molecule has 1 unspecified atom stereocenters. The lowest BCUT2D eigenvalue weighted by Gasteiger charge is -2.24. The fourth-order valence-corrected chi connectivity index (χ4v) is 2.49. The van der Waals surface area contributed by atoms with Crippen LogP contribution in [0.2, 0.25) is 0 Å². The smallest absolute Gasteiger partial charge is 0.463 e. The van der Waals surface area contributed by atoms with Crippen LogP contribution in [0.25, 0.3) is 0 Å². The van der Waals surface area contributed by atoms with Crippen LogP contribution in [0.5, 0.6) is 0 Å². The number of ether oxygens (including phenoxy) is 3. The molecule has 2 aliphatic heterocycles. The van der Waals surface area contributed by atoms with Gasteiger partial charge in [-0.3, -0.25) is 0 Å². The van der Waals surface area contributed by atoms with Crippen molar-refractivity contribution in [2.45, 2.75) is 38.0 Å². The molecule has 0 radical (unpaired) electrons. The Kier molecular flexibility index (Phi) is 5.94. The molecule has 0 aromatic carbocycles. The number of hydrogen-bond acceptors (Lipinski definition) is 6. The fraction of sp³-hybridized carbons (Fsp3) is 0.571. The van der Waals surface area contributed by atoms with E-state index < -0.39 is 21.4 Å². The second-order valence-corrected chi connectivity index (χ2v) is 6.58.